The molecule has 98 valence electrons. The molecule has 0 saturated carbocycles. The highest BCUT2D eigenvalue weighted by Gasteiger charge is 2.25. The monoisotopic (exact) mass is 252 g/mol. The van der Waals surface area contributed by atoms with Crippen LogP contribution in [0.1, 0.15) is 10.6 Å². The van der Waals surface area contributed by atoms with Gasteiger partial charge in [0, 0.05) is 33.3 Å². The molecule has 18 heavy (non-hydrogen) atoms. The smallest absolute Gasteiger partial charge is 0.289 e. The zero-order chi connectivity index (χ0) is 13.0. The van der Waals surface area contributed by atoms with Gasteiger partial charge in [-0.2, -0.15) is 0 Å². The Morgan fingerprint density at radius 3 is 2.50 bits per heavy atom. The SMILES string of the molecule is COCC(=O)N1CCN(C(=O)c2ccco2)CC1. The van der Waals surface area contributed by atoms with Crippen LogP contribution in [0.25, 0.3) is 0 Å². The second kappa shape index (κ2) is 5.68. The van der Waals surface area contributed by atoms with E-state index in [-0.39, 0.29) is 18.4 Å². The molecule has 0 aliphatic carbocycles. The minimum Gasteiger partial charge on any atom is -0.459 e. The Bertz CT molecular complexity index is 408. The predicted octanol–water partition coefficient (Wildman–Crippen LogP) is 0.210. The van der Waals surface area contributed by atoms with Crippen LogP contribution in [0.4, 0.5) is 0 Å². The van der Waals surface area contributed by atoms with Crippen molar-refractivity contribution >= 4 is 11.8 Å². The van der Waals surface area contributed by atoms with Gasteiger partial charge in [-0.3, -0.25) is 9.59 Å². The summed E-state index contributed by atoms with van der Waals surface area (Å²) in [5, 5.41) is 0. The molecule has 0 radical (unpaired) electrons. The average Bonchev–Trinajstić information content (AvgIpc) is 2.92. The first kappa shape index (κ1) is 12.6. The third-order valence-corrected chi connectivity index (χ3v) is 2.92. The van der Waals surface area contributed by atoms with Crippen molar-refractivity contribution in [2.45, 2.75) is 0 Å². The maximum atomic E-state index is 12.0. The standard InChI is InChI=1S/C12H16N2O4/c1-17-9-11(15)13-4-6-14(7-5-13)12(16)10-3-2-8-18-10/h2-3,8H,4-7,9H2,1H3. The molecule has 1 aliphatic rings. The number of furan rings is 1. The van der Waals surface area contributed by atoms with E-state index in [1.165, 1.54) is 13.4 Å². The molecule has 2 rings (SSSR count). The number of nitrogens with zero attached hydrogens (tertiary/aromatic N) is 2. The van der Waals surface area contributed by atoms with Crippen molar-refractivity contribution in [3.05, 3.63) is 24.2 Å². The summed E-state index contributed by atoms with van der Waals surface area (Å²) in [4.78, 5) is 26.9. The van der Waals surface area contributed by atoms with Crippen molar-refractivity contribution < 1.29 is 18.7 Å². The van der Waals surface area contributed by atoms with E-state index in [0.717, 1.165) is 0 Å². The fourth-order valence-corrected chi connectivity index (χ4v) is 1.93. The lowest BCUT2D eigenvalue weighted by Crippen LogP contribution is -2.51. The Balaban J connectivity index is 1.87. The van der Waals surface area contributed by atoms with Gasteiger partial charge in [-0.25, -0.2) is 0 Å². The molecule has 1 aliphatic heterocycles. The largest absolute Gasteiger partial charge is 0.459 e. The number of piperazine rings is 1. The number of ether oxygens (including phenoxy) is 1. The molecule has 0 atom stereocenters. The van der Waals surface area contributed by atoms with Crippen LogP contribution in [0.15, 0.2) is 22.8 Å². The molecule has 0 N–H and O–H groups in total. The van der Waals surface area contributed by atoms with Gasteiger partial charge in [0.15, 0.2) is 5.76 Å². The third kappa shape index (κ3) is 2.70. The molecular formula is C12H16N2O4. The van der Waals surface area contributed by atoms with Crippen molar-refractivity contribution in [2.24, 2.45) is 0 Å². The summed E-state index contributed by atoms with van der Waals surface area (Å²) in [5.41, 5.74) is 0. The Morgan fingerprint density at radius 1 is 1.28 bits per heavy atom. The zero-order valence-electron chi connectivity index (χ0n) is 10.3. The van der Waals surface area contributed by atoms with Crippen LogP contribution < -0.4 is 0 Å². The molecule has 6 heteroatoms. The van der Waals surface area contributed by atoms with E-state index in [4.69, 9.17) is 9.15 Å². The third-order valence-electron chi connectivity index (χ3n) is 2.92. The summed E-state index contributed by atoms with van der Waals surface area (Å²) >= 11 is 0. The minimum absolute atomic E-state index is 0.0393. The number of hydrogen-bond donors (Lipinski definition) is 0. The number of hydrogen-bond acceptors (Lipinski definition) is 4. The van der Waals surface area contributed by atoms with E-state index in [1.54, 1.807) is 21.9 Å². The van der Waals surface area contributed by atoms with Crippen LogP contribution >= 0.6 is 0 Å². The van der Waals surface area contributed by atoms with Crippen molar-refractivity contribution in [2.75, 3.05) is 39.9 Å². The van der Waals surface area contributed by atoms with Gasteiger partial charge in [0.2, 0.25) is 5.91 Å². The Kier molecular flexibility index (Phi) is 3.99. The minimum atomic E-state index is -0.126. The van der Waals surface area contributed by atoms with Gasteiger partial charge in [0.25, 0.3) is 5.91 Å². The van der Waals surface area contributed by atoms with Crippen LogP contribution in [-0.2, 0) is 9.53 Å². The summed E-state index contributed by atoms with van der Waals surface area (Å²) < 4.78 is 9.87. The number of carbonyl (C=O) groups excluding carboxylic acids is 2. The Morgan fingerprint density at radius 2 is 1.94 bits per heavy atom. The lowest BCUT2D eigenvalue weighted by Gasteiger charge is -2.34. The zero-order valence-corrected chi connectivity index (χ0v) is 10.3. The van der Waals surface area contributed by atoms with Gasteiger partial charge in [-0.1, -0.05) is 0 Å². The number of methoxy groups -OCH3 is 1. The predicted molar refractivity (Wildman–Crippen MR) is 63.1 cm³/mol. The fraction of sp³-hybridized carbons (Fsp3) is 0.500. The molecule has 2 heterocycles. The average molecular weight is 252 g/mol. The molecule has 2 amide bonds. The van der Waals surface area contributed by atoms with Gasteiger partial charge >= 0.3 is 0 Å². The van der Waals surface area contributed by atoms with E-state index in [2.05, 4.69) is 0 Å². The van der Waals surface area contributed by atoms with E-state index in [1.807, 2.05) is 0 Å². The molecule has 0 unspecified atom stereocenters. The lowest BCUT2D eigenvalue weighted by atomic mass is 10.3. The van der Waals surface area contributed by atoms with Crippen molar-refractivity contribution in [3.8, 4) is 0 Å². The molecule has 1 saturated heterocycles. The van der Waals surface area contributed by atoms with E-state index in [0.29, 0.717) is 31.9 Å². The molecular weight excluding hydrogens is 236 g/mol. The Hall–Kier alpha value is -1.82. The van der Waals surface area contributed by atoms with Crippen LogP contribution in [0.3, 0.4) is 0 Å². The summed E-state index contributed by atoms with van der Waals surface area (Å²) in [5.74, 6) is 0.174. The van der Waals surface area contributed by atoms with Gasteiger partial charge in [0.1, 0.15) is 6.61 Å². The topological polar surface area (TPSA) is 63.0 Å². The van der Waals surface area contributed by atoms with Crippen LogP contribution in [0, 0.1) is 0 Å². The van der Waals surface area contributed by atoms with E-state index < -0.39 is 0 Å². The number of rotatable bonds is 3. The summed E-state index contributed by atoms with van der Waals surface area (Å²) in [6.07, 6.45) is 1.48. The second-order valence-corrected chi connectivity index (χ2v) is 4.08. The number of amides is 2. The molecule has 0 bridgehead atoms. The van der Waals surface area contributed by atoms with Crippen LogP contribution in [0.2, 0.25) is 0 Å². The summed E-state index contributed by atoms with van der Waals surface area (Å²) in [7, 11) is 1.49. The summed E-state index contributed by atoms with van der Waals surface area (Å²) in [6, 6.07) is 3.33. The summed E-state index contributed by atoms with van der Waals surface area (Å²) in [6.45, 7) is 2.21. The first-order valence-corrected chi connectivity index (χ1v) is 5.82. The van der Waals surface area contributed by atoms with Gasteiger partial charge in [-0.05, 0) is 12.1 Å². The van der Waals surface area contributed by atoms with Crippen molar-refractivity contribution in [3.63, 3.8) is 0 Å². The molecule has 1 aromatic heterocycles. The first-order chi connectivity index (χ1) is 8.72. The van der Waals surface area contributed by atoms with E-state index >= 15 is 0 Å². The fourth-order valence-electron chi connectivity index (χ4n) is 1.93. The highest BCUT2D eigenvalue weighted by Crippen LogP contribution is 2.09. The molecule has 0 aromatic carbocycles. The quantitative estimate of drug-likeness (QED) is 0.771. The maximum Gasteiger partial charge on any atom is 0.289 e. The van der Waals surface area contributed by atoms with Gasteiger partial charge < -0.3 is 19.0 Å². The molecule has 1 fully saturated rings. The van der Waals surface area contributed by atoms with Crippen LogP contribution in [-0.4, -0.2) is 61.5 Å². The first-order valence-electron chi connectivity index (χ1n) is 5.82. The van der Waals surface area contributed by atoms with Crippen LogP contribution in [0.5, 0.6) is 0 Å². The lowest BCUT2D eigenvalue weighted by molar-refractivity contribution is -0.136. The molecule has 1 aromatic rings. The second-order valence-electron chi connectivity index (χ2n) is 4.08. The normalized spacial score (nSPS) is 15.8. The Labute approximate surface area is 105 Å². The van der Waals surface area contributed by atoms with Crippen molar-refractivity contribution in [1.82, 2.24) is 9.80 Å². The highest BCUT2D eigenvalue weighted by atomic mass is 16.5. The highest BCUT2D eigenvalue weighted by molar-refractivity contribution is 5.91. The molecule has 6 nitrogen and oxygen atoms in total. The van der Waals surface area contributed by atoms with Gasteiger partial charge in [0.05, 0.1) is 6.26 Å². The number of carbonyl (C=O) groups is 2. The van der Waals surface area contributed by atoms with Crippen molar-refractivity contribution in [1.29, 1.82) is 0 Å². The van der Waals surface area contributed by atoms with E-state index in [9.17, 15) is 9.59 Å². The molecule has 0 spiro atoms. The van der Waals surface area contributed by atoms with Gasteiger partial charge in [-0.15, -0.1) is 0 Å². The maximum absolute atomic E-state index is 12.0.